The Morgan fingerprint density at radius 2 is 1.89 bits per heavy atom. The van der Waals surface area contributed by atoms with Crippen LogP contribution in [0.5, 0.6) is 0 Å². The Morgan fingerprint density at radius 1 is 1.17 bits per heavy atom. The number of hydrogen-bond donors (Lipinski definition) is 2. The topological polar surface area (TPSA) is 45.4 Å². The molecule has 0 aliphatic carbocycles. The first-order valence-electron chi connectivity index (χ1n) is 5.78. The van der Waals surface area contributed by atoms with Crippen LogP contribution in [0.25, 0.3) is 11.3 Å². The molecule has 98 valence electrons. The maximum absolute atomic E-state index is 9.12. The molecule has 18 heavy (non-hydrogen) atoms. The van der Waals surface area contributed by atoms with Crippen LogP contribution in [-0.4, -0.2) is 17.8 Å². The molecule has 4 heteroatoms. The lowest BCUT2D eigenvalue weighted by atomic mass is 10.2. The molecule has 1 aromatic carbocycles. The zero-order valence-electron chi connectivity index (χ0n) is 10.3. The summed E-state index contributed by atoms with van der Waals surface area (Å²) in [4.78, 5) is 0. The van der Waals surface area contributed by atoms with Gasteiger partial charge in [-0.1, -0.05) is 30.3 Å². The van der Waals surface area contributed by atoms with E-state index in [2.05, 4.69) is 5.32 Å². The molecule has 0 radical (unpaired) electrons. The van der Waals surface area contributed by atoms with Gasteiger partial charge in [-0.05, 0) is 19.1 Å². The van der Waals surface area contributed by atoms with Gasteiger partial charge in [0.05, 0.1) is 12.6 Å². The molecule has 0 spiro atoms. The zero-order chi connectivity index (χ0) is 12.1. The van der Waals surface area contributed by atoms with Crippen molar-refractivity contribution >= 4 is 0 Å². The van der Waals surface area contributed by atoms with E-state index in [9.17, 15) is 0 Å². The number of benzene rings is 1. The van der Waals surface area contributed by atoms with Gasteiger partial charge in [0.25, 0.3) is 0 Å². The molecular formula is C14H17ClNO2-. The lowest BCUT2D eigenvalue weighted by Crippen LogP contribution is -3.00. The third-order valence-corrected chi connectivity index (χ3v) is 2.46. The molecule has 0 aliphatic rings. The van der Waals surface area contributed by atoms with Crippen molar-refractivity contribution in [2.45, 2.75) is 19.6 Å². The molecule has 0 bridgehead atoms. The standard InChI is InChI=1S/C14H17NO2.ClH/c1-11(16)9-15-10-13-7-8-14(17-13)12-5-3-2-4-6-12;/h2-8,11,15-16H,9-10H2,1H3;1H/p-1. The number of halogens is 1. The van der Waals surface area contributed by atoms with Crippen LogP contribution in [-0.2, 0) is 6.54 Å². The van der Waals surface area contributed by atoms with Gasteiger partial charge in [-0.3, -0.25) is 0 Å². The predicted octanol–water partition coefficient (Wildman–Crippen LogP) is -0.579. The molecule has 2 rings (SSSR count). The van der Waals surface area contributed by atoms with Gasteiger partial charge in [-0.15, -0.1) is 0 Å². The van der Waals surface area contributed by atoms with Gasteiger partial charge in [-0.2, -0.15) is 0 Å². The van der Waals surface area contributed by atoms with E-state index in [0.717, 1.165) is 17.1 Å². The smallest absolute Gasteiger partial charge is 0.134 e. The van der Waals surface area contributed by atoms with Crippen LogP contribution in [0, 0.1) is 0 Å². The molecule has 0 aliphatic heterocycles. The van der Waals surface area contributed by atoms with Crippen LogP contribution in [0.1, 0.15) is 12.7 Å². The Hall–Kier alpha value is -1.29. The van der Waals surface area contributed by atoms with Gasteiger partial charge in [0.1, 0.15) is 11.5 Å². The first-order valence-corrected chi connectivity index (χ1v) is 5.78. The first kappa shape index (κ1) is 14.8. The molecular weight excluding hydrogens is 250 g/mol. The van der Waals surface area contributed by atoms with Gasteiger partial charge in [-0.25, -0.2) is 0 Å². The summed E-state index contributed by atoms with van der Waals surface area (Å²) in [6, 6.07) is 13.9. The number of hydrogen-bond acceptors (Lipinski definition) is 3. The van der Waals surface area contributed by atoms with Crippen molar-refractivity contribution in [3.8, 4) is 11.3 Å². The van der Waals surface area contributed by atoms with Crippen molar-refractivity contribution in [2.75, 3.05) is 6.54 Å². The van der Waals surface area contributed by atoms with E-state index in [-0.39, 0.29) is 18.5 Å². The lowest BCUT2D eigenvalue weighted by molar-refractivity contribution is -0.00000635. The fourth-order valence-corrected chi connectivity index (χ4v) is 1.63. The monoisotopic (exact) mass is 266 g/mol. The second kappa shape index (κ2) is 7.21. The average molecular weight is 267 g/mol. The van der Waals surface area contributed by atoms with E-state index in [4.69, 9.17) is 9.52 Å². The summed E-state index contributed by atoms with van der Waals surface area (Å²) in [5.74, 6) is 1.75. The predicted molar refractivity (Wildman–Crippen MR) is 67.5 cm³/mol. The maximum atomic E-state index is 9.12. The Kier molecular flexibility index (Phi) is 5.92. The minimum Gasteiger partial charge on any atom is -1.00 e. The van der Waals surface area contributed by atoms with Gasteiger partial charge in [0.2, 0.25) is 0 Å². The third kappa shape index (κ3) is 4.18. The summed E-state index contributed by atoms with van der Waals surface area (Å²) in [5.41, 5.74) is 1.08. The van der Waals surface area contributed by atoms with Crippen molar-refractivity contribution in [1.82, 2.24) is 5.32 Å². The summed E-state index contributed by atoms with van der Waals surface area (Å²) in [6.45, 7) is 2.96. The van der Waals surface area contributed by atoms with Crippen LogP contribution in [0.2, 0.25) is 0 Å². The van der Waals surface area contributed by atoms with Crippen molar-refractivity contribution in [1.29, 1.82) is 0 Å². The summed E-state index contributed by atoms with van der Waals surface area (Å²) in [5, 5.41) is 12.2. The molecule has 1 unspecified atom stereocenters. The Morgan fingerprint density at radius 3 is 2.56 bits per heavy atom. The van der Waals surface area contributed by atoms with E-state index < -0.39 is 0 Å². The Bertz CT molecular complexity index is 454. The fourth-order valence-electron chi connectivity index (χ4n) is 1.63. The molecule has 1 heterocycles. The highest BCUT2D eigenvalue weighted by molar-refractivity contribution is 5.57. The van der Waals surface area contributed by atoms with Crippen LogP contribution >= 0.6 is 0 Å². The fraction of sp³-hybridized carbons (Fsp3) is 0.286. The van der Waals surface area contributed by atoms with Gasteiger partial charge >= 0.3 is 0 Å². The highest BCUT2D eigenvalue weighted by atomic mass is 35.5. The zero-order valence-corrected chi connectivity index (χ0v) is 11.0. The summed E-state index contributed by atoms with van der Waals surface area (Å²) in [6.07, 6.45) is -0.335. The SMILES string of the molecule is CC(O)CNCc1ccc(-c2ccccc2)o1.[Cl-]. The number of aliphatic hydroxyl groups is 1. The minimum absolute atomic E-state index is 0. The second-order valence-corrected chi connectivity index (χ2v) is 4.11. The summed E-state index contributed by atoms with van der Waals surface area (Å²) in [7, 11) is 0. The van der Waals surface area contributed by atoms with Gasteiger partial charge in [0.15, 0.2) is 0 Å². The summed E-state index contributed by atoms with van der Waals surface area (Å²) < 4.78 is 5.71. The normalized spacial score (nSPS) is 11.9. The maximum Gasteiger partial charge on any atom is 0.134 e. The van der Waals surface area contributed by atoms with E-state index in [0.29, 0.717) is 13.1 Å². The third-order valence-electron chi connectivity index (χ3n) is 2.46. The number of aliphatic hydroxyl groups excluding tert-OH is 1. The summed E-state index contributed by atoms with van der Waals surface area (Å²) >= 11 is 0. The number of nitrogens with one attached hydrogen (secondary N) is 1. The van der Waals surface area contributed by atoms with Crippen LogP contribution in [0.15, 0.2) is 46.9 Å². The molecule has 3 nitrogen and oxygen atoms in total. The van der Waals surface area contributed by atoms with Gasteiger partial charge < -0.3 is 27.2 Å². The van der Waals surface area contributed by atoms with E-state index in [1.807, 2.05) is 42.5 Å². The molecule has 1 aromatic heterocycles. The number of rotatable bonds is 5. The van der Waals surface area contributed by atoms with Crippen LogP contribution in [0.3, 0.4) is 0 Å². The highest BCUT2D eigenvalue weighted by Gasteiger charge is 2.04. The van der Waals surface area contributed by atoms with Gasteiger partial charge in [0, 0.05) is 12.1 Å². The van der Waals surface area contributed by atoms with Crippen LogP contribution < -0.4 is 17.7 Å². The first-order chi connectivity index (χ1) is 8.25. The van der Waals surface area contributed by atoms with E-state index in [1.165, 1.54) is 0 Å². The molecule has 2 aromatic rings. The van der Waals surface area contributed by atoms with Crippen LogP contribution in [0.4, 0.5) is 0 Å². The second-order valence-electron chi connectivity index (χ2n) is 4.11. The van der Waals surface area contributed by atoms with Crippen molar-refractivity contribution in [3.63, 3.8) is 0 Å². The highest BCUT2D eigenvalue weighted by Crippen LogP contribution is 2.21. The average Bonchev–Trinajstić information content (AvgIpc) is 2.78. The molecule has 0 saturated carbocycles. The van der Waals surface area contributed by atoms with E-state index >= 15 is 0 Å². The number of furan rings is 1. The molecule has 1 atom stereocenters. The van der Waals surface area contributed by atoms with E-state index in [1.54, 1.807) is 6.92 Å². The molecule has 0 saturated heterocycles. The lowest BCUT2D eigenvalue weighted by Gasteiger charge is -2.04. The largest absolute Gasteiger partial charge is 1.00 e. The molecule has 0 fully saturated rings. The molecule has 0 amide bonds. The Labute approximate surface area is 113 Å². The quantitative estimate of drug-likeness (QED) is 0.761. The van der Waals surface area contributed by atoms with Crippen molar-refractivity contribution < 1.29 is 21.9 Å². The van der Waals surface area contributed by atoms with Crippen molar-refractivity contribution in [3.05, 3.63) is 48.2 Å². The van der Waals surface area contributed by atoms with Crippen molar-refractivity contribution in [2.24, 2.45) is 0 Å². The minimum atomic E-state index is -0.335. The molecule has 2 N–H and O–H groups in total. The Balaban J connectivity index is 0.00000162.